The van der Waals surface area contributed by atoms with Gasteiger partial charge in [0.2, 0.25) is 15.9 Å². The highest BCUT2D eigenvalue weighted by Crippen LogP contribution is 2.28. The maximum absolute atomic E-state index is 12.0. The lowest BCUT2D eigenvalue weighted by Gasteiger charge is -2.37. The van der Waals surface area contributed by atoms with Gasteiger partial charge < -0.3 is 10.4 Å². The summed E-state index contributed by atoms with van der Waals surface area (Å²) < 4.78 is 27.1. The van der Waals surface area contributed by atoms with Crippen molar-refractivity contribution in [3.05, 3.63) is 24.4 Å². The molecule has 1 saturated heterocycles. The van der Waals surface area contributed by atoms with E-state index in [9.17, 15) is 18.3 Å². The molecule has 8 nitrogen and oxygen atoms in total. The zero-order valence-electron chi connectivity index (χ0n) is 15.0. The van der Waals surface area contributed by atoms with Gasteiger partial charge in [0.1, 0.15) is 0 Å². The Kier molecular flexibility index (Phi) is 5.05. The molecule has 0 saturated carbocycles. The summed E-state index contributed by atoms with van der Waals surface area (Å²) >= 11 is 0. The van der Waals surface area contributed by atoms with Crippen LogP contribution in [0.2, 0.25) is 0 Å². The minimum Gasteiger partial charge on any atom is -0.388 e. The molecule has 9 heteroatoms. The number of carbonyl (C=O) groups excluding carboxylic acids is 1. The van der Waals surface area contributed by atoms with Crippen LogP contribution in [0.4, 0.5) is 5.69 Å². The number of aliphatic hydroxyl groups is 1. The molecule has 2 heterocycles. The van der Waals surface area contributed by atoms with Crippen molar-refractivity contribution in [1.82, 2.24) is 14.1 Å². The molecule has 0 bridgehead atoms. The van der Waals surface area contributed by atoms with Gasteiger partial charge in [0.05, 0.1) is 29.6 Å². The van der Waals surface area contributed by atoms with E-state index in [1.165, 1.54) is 11.2 Å². The topological polar surface area (TPSA) is 105 Å². The second-order valence-electron chi connectivity index (χ2n) is 6.78. The number of nitrogens with one attached hydrogen (secondary N) is 1. The molecule has 1 aliphatic rings. The smallest absolute Gasteiger partial charge is 0.221 e. The molecule has 2 N–H and O–H groups in total. The van der Waals surface area contributed by atoms with E-state index in [-0.39, 0.29) is 18.2 Å². The molecule has 26 heavy (non-hydrogen) atoms. The first-order valence-corrected chi connectivity index (χ1v) is 10.3. The van der Waals surface area contributed by atoms with Gasteiger partial charge in [-0.15, -0.1) is 0 Å². The van der Waals surface area contributed by atoms with Crippen molar-refractivity contribution in [3.63, 3.8) is 0 Å². The predicted octanol–water partition coefficient (Wildman–Crippen LogP) is 1.17. The first kappa shape index (κ1) is 18.8. The number of aromatic nitrogens is 2. The van der Waals surface area contributed by atoms with E-state index in [4.69, 9.17) is 0 Å². The number of carbonyl (C=O) groups is 1. The van der Waals surface area contributed by atoms with Crippen molar-refractivity contribution in [2.45, 2.75) is 38.8 Å². The van der Waals surface area contributed by atoms with E-state index >= 15 is 0 Å². The first-order valence-electron chi connectivity index (χ1n) is 8.66. The summed E-state index contributed by atoms with van der Waals surface area (Å²) in [5.74, 6) is -0.0835. The van der Waals surface area contributed by atoms with Crippen LogP contribution < -0.4 is 5.32 Å². The van der Waals surface area contributed by atoms with Gasteiger partial charge in [0.15, 0.2) is 0 Å². The molecule has 0 unspecified atom stereocenters. The van der Waals surface area contributed by atoms with E-state index in [1.807, 2.05) is 12.1 Å². The number of rotatable bonds is 5. The van der Waals surface area contributed by atoms with Gasteiger partial charge in [-0.25, -0.2) is 12.7 Å². The molecule has 0 radical (unpaired) electrons. The summed E-state index contributed by atoms with van der Waals surface area (Å²) in [6, 6.07) is 5.49. The Bertz CT molecular complexity index is 914. The van der Waals surface area contributed by atoms with Crippen molar-refractivity contribution in [1.29, 1.82) is 0 Å². The maximum Gasteiger partial charge on any atom is 0.221 e. The minimum absolute atomic E-state index is 0.0706. The van der Waals surface area contributed by atoms with Crippen molar-refractivity contribution in [2.24, 2.45) is 0 Å². The Labute approximate surface area is 152 Å². The fourth-order valence-electron chi connectivity index (χ4n) is 3.28. The first-order chi connectivity index (χ1) is 12.2. The van der Waals surface area contributed by atoms with Crippen LogP contribution >= 0.6 is 0 Å². The van der Waals surface area contributed by atoms with Crippen molar-refractivity contribution in [2.75, 3.05) is 24.2 Å². The maximum atomic E-state index is 12.0. The number of hydrogen-bond acceptors (Lipinski definition) is 5. The summed E-state index contributed by atoms with van der Waals surface area (Å²) in [6.45, 7) is 3.97. The van der Waals surface area contributed by atoms with Gasteiger partial charge in [-0.3, -0.25) is 9.48 Å². The summed E-state index contributed by atoms with van der Waals surface area (Å²) in [4.78, 5) is 11.2. The molecular weight excluding hydrogens is 356 g/mol. The van der Waals surface area contributed by atoms with Crippen LogP contribution in [0.5, 0.6) is 0 Å². The third kappa shape index (κ3) is 3.89. The van der Waals surface area contributed by atoms with E-state index in [0.29, 0.717) is 31.6 Å². The number of nitrogens with zero attached hydrogens (tertiary/aromatic N) is 3. The number of piperidine rings is 1. The highest BCUT2D eigenvalue weighted by atomic mass is 32.2. The third-order valence-electron chi connectivity index (χ3n) is 4.82. The monoisotopic (exact) mass is 380 g/mol. The zero-order chi connectivity index (χ0) is 18.9. The summed E-state index contributed by atoms with van der Waals surface area (Å²) in [7, 11) is -3.23. The molecule has 142 valence electrons. The van der Waals surface area contributed by atoms with Crippen LogP contribution in [0.25, 0.3) is 10.9 Å². The highest BCUT2D eigenvalue weighted by Gasteiger charge is 2.36. The number of benzene rings is 1. The Morgan fingerprint density at radius 1 is 1.35 bits per heavy atom. The second-order valence-corrected chi connectivity index (χ2v) is 9.04. The average molecular weight is 380 g/mol. The van der Waals surface area contributed by atoms with Crippen LogP contribution in [0, 0.1) is 0 Å². The average Bonchev–Trinajstić information content (AvgIpc) is 2.96. The molecule has 2 aromatic rings. The molecular formula is C17H24N4O4S. The van der Waals surface area contributed by atoms with Crippen molar-refractivity contribution in [3.8, 4) is 0 Å². The molecule has 1 fully saturated rings. The van der Waals surface area contributed by atoms with Crippen LogP contribution in [0.1, 0.15) is 26.7 Å². The van der Waals surface area contributed by atoms with E-state index in [0.717, 1.165) is 10.9 Å². The Hall–Kier alpha value is -1.97. The van der Waals surface area contributed by atoms with Gasteiger partial charge >= 0.3 is 0 Å². The molecule has 1 amide bonds. The van der Waals surface area contributed by atoms with Gasteiger partial charge in [-0.05, 0) is 38.0 Å². The van der Waals surface area contributed by atoms with Crippen LogP contribution in [-0.2, 0) is 21.4 Å². The highest BCUT2D eigenvalue weighted by molar-refractivity contribution is 7.89. The van der Waals surface area contributed by atoms with Crippen LogP contribution in [0.15, 0.2) is 24.4 Å². The van der Waals surface area contributed by atoms with Gasteiger partial charge in [0.25, 0.3) is 0 Å². The fraction of sp³-hybridized carbons (Fsp3) is 0.529. The standard InChI is InChI=1S/C17H24N4O4S/c1-3-26(24,25)20-8-6-17(23,7-9-20)12-21-16-10-15(19-13(2)22)5-4-14(16)11-18-21/h4-5,10-11,23H,3,6-9,12H2,1-2H3,(H,19,22). The Morgan fingerprint density at radius 3 is 2.65 bits per heavy atom. The van der Waals surface area contributed by atoms with Gasteiger partial charge in [0, 0.05) is 31.1 Å². The number of fused-ring (bicyclic) bond motifs is 1. The lowest BCUT2D eigenvalue weighted by molar-refractivity contribution is -0.114. The van der Waals surface area contributed by atoms with Gasteiger partial charge in [-0.2, -0.15) is 5.10 Å². The number of anilines is 1. The van der Waals surface area contributed by atoms with E-state index < -0.39 is 15.6 Å². The molecule has 0 spiro atoms. The van der Waals surface area contributed by atoms with Gasteiger partial charge in [-0.1, -0.05) is 0 Å². The van der Waals surface area contributed by atoms with Crippen molar-refractivity contribution >= 4 is 32.5 Å². The Balaban J connectivity index is 1.77. The minimum atomic E-state index is -3.23. The molecule has 0 atom stereocenters. The molecule has 1 aromatic heterocycles. The lowest BCUT2D eigenvalue weighted by Crippen LogP contribution is -2.49. The predicted molar refractivity (Wildman–Crippen MR) is 99.3 cm³/mol. The van der Waals surface area contributed by atoms with E-state index in [2.05, 4.69) is 10.4 Å². The number of amides is 1. The largest absolute Gasteiger partial charge is 0.388 e. The van der Waals surface area contributed by atoms with Crippen LogP contribution in [-0.4, -0.2) is 58.0 Å². The van der Waals surface area contributed by atoms with E-state index in [1.54, 1.807) is 23.9 Å². The summed E-state index contributed by atoms with van der Waals surface area (Å²) in [6.07, 6.45) is 2.44. The molecule has 1 aromatic carbocycles. The quantitative estimate of drug-likeness (QED) is 0.810. The number of sulfonamides is 1. The normalized spacial score (nSPS) is 18.1. The molecule has 1 aliphatic heterocycles. The van der Waals surface area contributed by atoms with Crippen LogP contribution in [0.3, 0.4) is 0 Å². The van der Waals surface area contributed by atoms with Crippen molar-refractivity contribution < 1.29 is 18.3 Å². The number of hydrogen-bond donors (Lipinski definition) is 2. The molecule has 3 rings (SSSR count). The lowest BCUT2D eigenvalue weighted by atomic mass is 9.92. The second kappa shape index (κ2) is 6.98. The summed E-state index contributed by atoms with van der Waals surface area (Å²) in [5.41, 5.74) is 0.471. The SMILES string of the molecule is CCS(=O)(=O)N1CCC(O)(Cn2ncc3ccc(NC(C)=O)cc32)CC1. The summed E-state index contributed by atoms with van der Waals surface area (Å²) in [5, 5.41) is 18.9. The third-order valence-corrected chi connectivity index (χ3v) is 6.70. The molecule has 0 aliphatic carbocycles. The zero-order valence-corrected chi connectivity index (χ0v) is 15.8. The fourth-order valence-corrected chi connectivity index (χ4v) is 4.38. The Morgan fingerprint density at radius 2 is 2.04 bits per heavy atom.